The number of methoxy groups -OCH3 is 1. The van der Waals surface area contributed by atoms with Gasteiger partial charge >= 0.3 is 0 Å². The quantitative estimate of drug-likeness (QED) is 0.324. The van der Waals surface area contributed by atoms with Crippen molar-refractivity contribution in [3.63, 3.8) is 0 Å². The minimum absolute atomic E-state index is 0.0610. The highest BCUT2D eigenvalue weighted by Crippen LogP contribution is 2.28. The van der Waals surface area contributed by atoms with Crippen LogP contribution in [0, 0.1) is 0 Å². The maximum absolute atomic E-state index is 11.1. The molecular formula is C8H13N3O5S. The lowest BCUT2D eigenvalue weighted by Crippen LogP contribution is -2.41. The third-order valence-electron chi connectivity index (χ3n) is 2.12. The molecule has 3 atom stereocenters. The van der Waals surface area contributed by atoms with Crippen LogP contribution in [0.4, 0.5) is 0 Å². The van der Waals surface area contributed by atoms with E-state index < -0.39 is 28.6 Å². The molecule has 0 unspecified atom stereocenters. The van der Waals surface area contributed by atoms with E-state index in [4.69, 9.17) is 19.2 Å². The van der Waals surface area contributed by atoms with Crippen molar-refractivity contribution in [1.82, 2.24) is 0 Å². The molecule has 1 aliphatic rings. The summed E-state index contributed by atoms with van der Waals surface area (Å²) in [6.07, 6.45) is -0.556. The number of azide groups is 1. The van der Waals surface area contributed by atoms with Crippen LogP contribution >= 0.6 is 0 Å². The Labute approximate surface area is 98.9 Å². The second-order valence-corrected chi connectivity index (χ2v) is 5.08. The average molecular weight is 263 g/mol. The first-order valence-corrected chi connectivity index (χ1v) is 6.49. The number of hydrogen-bond acceptors (Lipinski definition) is 6. The number of ether oxygens (including phenoxy) is 2. The first kappa shape index (κ1) is 13.8. The summed E-state index contributed by atoms with van der Waals surface area (Å²) in [4.78, 5) is 2.64. The number of hydrogen-bond donors (Lipinski definition) is 0. The van der Waals surface area contributed by atoms with Gasteiger partial charge in [-0.15, -0.1) is 0 Å². The van der Waals surface area contributed by atoms with Gasteiger partial charge in [-0.05, 0) is 5.53 Å². The van der Waals surface area contributed by atoms with Crippen LogP contribution in [0.3, 0.4) is 0 Å². The molecule has 0 aromatic carbocycles. The topological polar surface area (TPSA) is 111 Å². The van der Waals surface area contributed by atoms with E-state index in [1.165, 1.54) is 7.11 Å². The van der Waals surface area contributed by atoms with Gasteiger partial charge in [0.05, 0.1) is 12.3 Å². The van der Waals surface area contributed by atoms with Crippen LogP contribution in [0.1, 0.15) is 6.42 Å². The molecule has 0 saturated carbocycles. The molecule has 0 radical (unpaired) electrons. The van der Waals surface area contributed by atoms with Crippen molar-refractivity contribution in [1.29, 1.82) is 0 Å². The molecule has 1 heterocycles. The van der Waals surface area contributed by atoms with Gasteiger partial charge in [-0.3, -0.25) is 4.18 Å². The molecule has 17 heavy (non-hydrogen) atoms. The van der Waals surface area contributed by atoms with E-state index in [0.717, 1.165) is 6.26 Å². The molecule has 0 aromatic rings. The molecule has 96 valence electrons. The van der Waals surface area contributed by atoms with Crippen molar-refractivity contribution in [3.05, 3.63) is 22.8 Å². The van der Waals surface area contributed by atoms with Crippen LogP contribution in [0.5, 0.6) is 0 Å². The molecule has 1 fully saturated rings. The molecule has 1 aliphatic heterocycles. The normalized spacial score (nSPS) is 29.3. The van der Waals surface area contributed by atoms with Crippen molar-refractivity contribution < 1.29 is 22.1 Å². The Morgan fingerprint density at radius 2 is 2.29 bits per heavy atom. The monoisotopic (exact) mass is 263 g/mol. The van der Waals surface area contributed by atoms with E-state index in [0.29, 0.717) is 0 Å². The standard InChI is InChI=1S/C8H13N3O5S/c1-5-8(16-17(3,12)13)6(10-11-9)4-7(14-2)15-5/h6-8H,1,4H2,2-3H3/t6-,7+,8-/m1/s1. The molecule has 0 N–H and O–H groups in total. The number of rotatable bonds is 4. The Balaban J connectivity index is 2.92. The molecule has 0 aromatic heterocycles. The largest absolute Gasteiger partial charge is 0.467 e. The second-order valence-electron chi connectivity index (χ2n) is 3.48. The highest BCUT2D eigenvalue weighted by Gasteiger charge is 2.37. The van der Waals surface area contributed by atoms with Crippen molar-refractivity contribution in [2.45, 2.75) is 24.9 Å². The second kappa shape index (κ2) is 5.37. The van der Waals surface area contributed by atoms with Crippen molar-refractivity contribution >= 4 is 10.1 Å². The summed E-state index contributed by atoms with van der Waals surface area (Å²) >= 11 is 0. The predicted molar refractivity (Wildman–Crippen MR) is 58.3 cm³/mol. The molecule has 0 amide bonds. The molecule has 0 aliphatic carbocycles. The summed E-state index contributed by atoms with van der Waals surface area (Å²) in [6.45, 7) is 3.54. The Morgan fingerprint density at radius 1 is 1.65 bits per heavy atom. The zero-order valence-electron chi connectivity index (χ0n) is 9.44. The van der Waals surface area contributed by atoms with Crippen LogP contribution in [0.25, 0.3) is 10.4 Å². The summed E-state index contributed by atoms with van der Waals surface area (Å²) in [5, 5.41) is 3.47. The summed E-state index contributed by atoms with van der Waals surface area (Å²) < 4.78 is 37.0. The third-order valence-corrected chi connectivity index (χ3v) is 2.68. The number of nitrogens with zero attached hydrogens (tertiary/aromatic N) is 3. The Hall–Kier alpha value is -1.28. The van der Waals surface area contributed by atoms with Crippen LogP contribution in [0.15, 0.2) is 17.5 Å². The van der Waals surface area contributed by atoms with Crippen molar-refractivity contribution in [2.24, 2.45) is 5.11 Å². The zero-order chi connectivity index (χ0) is 13.1. The van der Waals surface area contributed by atoms with Gasteiger partial charge in [0.25, 0.3) is 10.1 Å². The fourth-order valence-electron chi connectivity index (χ4n) is 1.44. The summed E-state index contributed by atoms with van der Waals surface area (Å²) in [7, 11) is -2.28. The van der Waals surface area contributed by atoms with Crippen molar-refractivity contribution in [3.8, 4) is 0 Å². The smallest absolute Gasteiger partial charge is 0.265 e. The van der Waals surface area contributed by atoms with Crippen LogP contribution in [-0.2, 0) is 23.8 Å². The van der Waals surface area contributed by atoms with E-state index in [1.807, 2.05) is 0 Å². The van der Waals surface area contributed by atoms with Crippen LogP contribution in [0.2, 0.25) is 0 Å². The Kier molecular flexibility index (Phi) is 4.35. The zero-order valence-corrected chi connectivity index (χ0v) is 10.3. The SMILES string of the molecule is C=C1O[C@H](OC)C[C@@H](N=[N+]=[N-])[C@@H]1OS(C)(=O)=O. The highest BCUT2D eigenvalue weighted by atomic mass is 32.2. The van der Waals surface area contributed by atoms with Crippen LogP contribution in [-0.4, -0.2) is 40.2 Å². The van der Waals surface area contributed by atoms with Gasteiger partial charge in [-0.1, -0.05) is 11.7 Å². The summed E-state index contributed by atoms with van der Waals surface area (Å²) in [5.41, 5.74) is 8.42. The molecule has 8 nitrogen and oxygen atoms in total. The van der Waals surface area contributed by atoms with Gasteiger partial charge < -0.3 is 9.47 Å². The van der Waals surface area contributed by atoms with Gasteiger partial charge in [0.2, 0.25) is 0 Å². The van der Waals surface area contributed by atoms with E-state index >= 15 is 0 Å². The van der Waals surface area contributed by atoms with Gasteiger partial charge in [-0.25, -0.2) is 0 Å². The molecule has 0 spiro atoms. The fraction of sp³-hybridized carbons (Fsp3) is 0.750. The lowest BCUT2D eigenvalue weighted by Gasteiger charge is -2.33. The fourth-order valence-corrected chi connectivity index (χ4v) is 2.06. The van der Waals surface area contributed by atoms with Gasteiger partial charge in [-0.2, -0.15) is 8.42 Å². The molecule has 1 saturated heterocycles. The average Bonchev–Trinajstić information content (AvgIpc) is 2.21. The minimum atomic E-state index is -3.70. The Bertz CT molecular complexity index is 442. The van der Waals surface area contributed by atoms with E-state index in [-0.39, 0.29) is 12.2 Å². The summed E-state index contributed by atoms with van der Waals surface area (Å²) in [5.74, 6) is 0.0610. The molecule has 9 heteroatoms. The van der Waals surface area contributed by atoms with E-state index in [9.17, 15) is 8.42 Å². The van der Waals surface area contributed by atoms with E-state index in [1.54, 1.807) is 0 Å². The van der Waals surface area contributed by atoms with Gasteiger partial charge in [0, 0.05) is 18.4 Å². The third kappa shape index (κ3) is 3.90. The van der Waals surface area contributed by atoms with Crippen molar-refractivity contribution in [2.75, 3.05) is 13.4 Å². The molecular weight excluding hydrogens is 250 g/mol. The molecule has 0 bridgehead atoms. The first-order valence-electron chi connectivity index (χ1n) is 4.68. The van der Waals surface area contributed by atoms with Crippen LogP contribution < -0.4 is 0 Å². The first-order chi connectivity index (χ1) is 7.87. The Morgan fingerprint density at radius 3 is 2.76 bits per heavy atom. The van der Waals surface area contributed by atoms with Gasteiger partial charge in [0.1, 0.15) is 11.9 Å². The lowest BCUT2D eigenvalue weighted by molar-refractivity contribution is -0.138. The highest BCUT2D eigenvalue weighted by molar-refractivity contribution is 7.86. The van der Waals surface area contributed by atoms with Gasteiger partial charge in [0.15, 0.2) is 6.29 Å². The maximum Gasteiger partial charge on any atom is 0.265 e. The maximum atomic E-state index is 11.1. The minimum Gasteiger partial charge on any atom is -0.467 e. The lowest BCUT2D eigenvalue weighted by atomic mass is 10.0. The molecule has 1 rings (SSSR count). The summed E-state index contributed by atoms with van der Waals surface area (Å²) in [6, 6.07) is -0.735. The van der Waals surface area contributed by atoms with E-state index in [2.05, 4.69) is 16.6 Å². The predicted octanol–water partition coefficient (Wildman–Crippen LogP) is 0.917.